The Labute approximate surface area is 198 Å². The number of hydrogen-bond acceptors (Lipinski definition) is 5. The number of fused-ring (bicyclic) bond motifs is 3. The number of aryl methyl sites for hydroxylation is 1. The van der Waals surface area contributed by atoms with Gasteiger partial charge in [-0.2, -0.15) is 0 Å². The molecule has 1 amide bonds. The van der Waals surface area contributed by atoms with E-state index in [1.807, 2.05) is 41.3 Å². The molecule has 3 heterocycles. The molecule has 0 radical (unpaired) electrons. The third-order valence-corrected chi connectivity index (χ3v) is 6.41. The van der Waals surface area contributed by atoms with Crippen molar-refractivity contribution in [3.8, 4) is 11.4 Å². The first-order valence-electron chi connectivity index (χ1n) is 11.4. The van der Waals surface area contributed by atoms with Gasteiger partial charge in [-0.05, 0) is 31.5 Å². The van der Waals surface area contributed by atoms with E-state index in [1.54, 1.807) is 0 Å². The highest BCUT2D eigenvalue weighted by Crippen LogP contribution is 2.30. The van der Waals surface area contributed by atoms with E-state index in [-0.39, 0.29) is 11.8 Å². The lowest BCUT2D eigenvalue weighted by atomic mass is 10.1. The van der Waals surface area contributed by atoms with E-state index in [9.17, 15) is 4.79 Å². The summed E-state index contributed by atoms with van der Waals surface area (Å²) in [6, 6.07) is 13.9. The van der Waals surface area contributed by atoms with Crippen LogP contribution >= 0.6 is 11.6 Å². The highest BCUT2D eigenvalue weighted by Gasteiger charge is 2.25. The molecule has 0 atom stereocenters. The molecule has 0 spiro atoms. The molecule has 1 fully saturated rings. The Bertz CT molecular complexity index is 1330. The zero-order chi connectivity index (χ0) is 23.1. The maximum Gasteiger partial charge on any atom is 0.225 e. The van der Waals surface area contributed by atoms with Crippen LogP contribution in [0, 0.1) is 12.8 Å². The third kappa shape index (κ3) is 4.02. The van der Waals surface area contributed by atoms with Crippen molar-refractivity contribution in [2.24, 2.45) is 5.92 Å². The molecule has 0 N–H and O–H groups in total. The van der Waals surface area contributed by atoms with Crippen LogP contribution in [0.3, 0.4) is 0 Å². The van der Waals surface area contributed by atoms with Crippen LogP contribution in [-0.4, -0.2) is 56.6 Å². The molecule has 0 bridgehead atoms. The number of rotatable bonds is 3. The number of benzene rings is 2. The Kier molecular flexibility index (Phi) is 5.66. The van der Waals surface area contributed by atoms with Crippen LogP contribution < -0.4 is 4.90 Å². The minimum atomic E-state index is -0.00446. The lowest BCUT2D eigenvalue weighted by molar-refractivity contribution is -0.134. The molecular weight excluding hydrogens is 436 g/mol. The molecule has 1 aliphatic rings. The van der Waals surface area contributed by atoms with Crippen LogP contribution in [0.25, 0.3) is 27.9 Å². The number of nitrogens with zero attached hydrogens (tertiary/aromatic N) is 6. The molecule has 0 aliphatic carbocycles. The normalized spacial score (nSPS) is 14.9. The molecule has 4 aromatic rings. The largest absolute Gasteiger partial charge is 0.341 e. The predicted octanol–water partition coefficient (Wildman–Crippen LogP) is 4.60. The van der Waals surface area contributed by atoms with Gasteiger partial charge >= 0.3 is 0 Å². The third-order valence-electron chi connectivity index (χ3n) is 6.18. The second kappa shape index (κ2) is 8.63. The molecule has 0 saturated carbocycles. The van der Waals surface area contributed by atoms with Gasteiger partial charge in [0.05, 0.1) is 5.52 Å². The van der Waals surface area contributed by atoms with Gasteiger partial charge < -0.3 is 9.80 Å². The van der Waals surface area contributed by atoms with Gasteiger partial charge in [0, 0.05) is 48.1 Å². The van der Waals surface area contributed by atoms with Gasteiger partial charge in [0.1, 0.15) is 0 Å². The van der Waals surface area contributed by atoms with Crippen molar-refractivity contribution < 1.29 is 4.79 Å². The van der Waals surface area contributed by atoms with Crippen LogP contribution in [0.2, 0.25) is 5.02 Å². The monoisotopic (exact) mass is 462 g/mol. The minimum Gasteiger partial charge on any atom is -0.341 e. The van der Waals surface area contributed by atoms with Gasteiger partial charge in [-0.3, -0.25) is 4.79 Å². The van der Waals surface area contributed by atoms with Gasteiger partial charge in [-0.25, -0.2) is 9.38 Å². The maximum absolute atomic E-state index is 12.6. The average Bonchev–Trinajstić information content (AvgIpc) is 3.09. The van der Waals surface area contributed by atoms with Crippen molar-refractivity contribution in [1.82, 2.24) is 24.5 Å². The first-order chi connectivity index (χ1) is 15.9. The molecule has 1 saturated heterocycles. The summed E-state index contributed by atoms with van der Waals surface area (Å²) in [6.45, 7) is 8.87. The van der Waals surface area contributed by atoms with Crippen molar-refractivity contribution >= 4 is 40.0 Å². The van der Waals surface area contributed by atoms with Crippen molar-refractivity contribution in [1.29, 1.82) is 0 Å². The summed E-state index contributed by atoms with van der Waals surface area (Å²) in [6.07, 6.45) is 0.872. The SMILES string of the molecule is Cc1ccc(-c2nnc3c4ccc(Cl)cc4nc(N4CCCN(C(=O)C(C)C)CC4)n23)cc1. The van der Waals surface area contributed by atoms with Gasteiger partial charge in [0.2, 0.25) is 11.9 Å². The highest BCUT2D eigenvalue weighted by atomic mass is 35.5. The molecule has 1 aliphatic heterocycles. The fourth-order valence-electron chi connectivity index (χ4n) is 4.40. The Morgan fingerprint density at radius 1 is 1.00 bits per heavy atom. The van der Waals surface area contributed by atoms with Crippen molar-refractivity contribution in [2.45, 2.75) is 27.2 Å². The summed E-state index contributed by atoms with van der Waals surface area (Å²) in [5.41, 5.74) is 3.71. The van der Waals surface area contributed by atoms with E-state index < -0.39 is 0 Å². The van der Waals surface area contributed by atoms with E-state index in [0.717, 1.165) is 53.4 Å². The van der Waals surface area contributed by atoms with Gasteiger partial charge in [-0.15, -0.1) is 10.2 Å². The first kappa shape index (κ1) is 21.6. The Hall–Kier alpha value is -3.19. The minimum absolute atomic E-state index is 0.00446. The fraction of sp³-hybridized carbons (Fsp3) is 0.360. The van der Waals surface area contributed by atoms with Crippen LogP contribution in [0.1, 0.15) is 25.8 Å². The number of amides is 1. The van der Waals surface area contributed by atoms with Crippen LogP contribution in [0.5, 0.6) is 0 Å². The summed E-state index contributed by atoms with van der Waals surface area (Å²) in [7, 11) is 0. The number of hydrogen-bond donors (Lipinski definition) is 0. The zero-order valence-corrected chi connectivity index (χ0v) is 19.9. The molecule has 8 heteroatoms. The summed E-state index contributed by atoms with van der Waals surface area (Å²) < 4.78 is 2.04. The molecule has 7 nitrogen and oxygen atoms in total. The van der Waals surface area contributed by atoms with Crippen molar-refractivity contribution in [2.75, 3.05) is 31.1 Å². The molecule has 170 valence electrons. The first-order valence-corrected chi connectivity index (χ1v) is 11.8. The smallest absolute Gasteiger partial charge is 0.225 e. The maximum atomic E-state index is 12.6. The molecule has 5 rings (SSSR count). The summed E-state index contributed by atoms with van der Waals surface area (Å²) in [5.74, 6) is 1.72. The molecule has 2 aromatic carbocycles. The topological polar surface area (TPSA) is 66.6 Å². The lowest BCUT2D eigenvalue weighted by Gasteiger charge is -2.25. The van der Waals surface area contributed by atoms with E-state index >= 15 is 0 Å². The number of carbonyl (C=O) groups is 1. The summed E-state index contributed by atoms with van der Waals surface area (Å²) in [5, 5.41) is 10.7. The lowest BCUT2D eigenvalue weighted by Crippen LogP contribution is -2.38. The number of carbonyl (C=O) groups excluding carboxylic acids is 1. The predicted molar refractivity (Wildman–Crippen MR) is 132 cm³/mol. The summed E-state index contributed by atoms with van der Waals surface area (Å²) >= 11 is 6.29. The molecular formula is C25H27ClN6O. The van der Waals surface area contributed by atoms with Crippen LogP contribution in [-0.2, 0) is 4.79 Å². The van der Waals surface area contributed by atoms with Gasteiger partial charge in [0.15, 0.2) is 11.5 Å². The van der Waals surface area contributed by atoms with Gasteiger partial charge in [0.25, 0.3) is 0 Å². The van der Waals surface area contributed by atoms with E-state index in [2.05, 4.69) is 46.3 Å². The van der Waals surface area contributed by atoms with Crippen molar-refractivity contribution in [3.63, 3.8) is 0 Å². The number of anilines is 1. The Morgan fingerprint density at radius 2 is 1.79 bits per heavy atom. The second-order valence-electron chi connectivity index (χ2n) is 8.94. The zero-order valence-electron chi connectivity index (χ0n) is 19.1. The Morgan fingerprint density at radius 3 is 2.55 bits per heavy atom. The number of aromatic nitrogens is 4. The van der Waals surface area contributed by atoms with Crippen molar-refractivity contribution in [3.05, 3.63) is 53.1 Å². The highest BCUT2D eigenvalue weighted by molar-refractivity contribution is 6.31. The second-order valence-corrected chi connectivity index (χ2v) is 9.38. The molecule has 2 aromatic heterocycles. The quantitative estimate of drug-likeness (QED) is 0.445. The Balaban J connectivity index is 1.65. The molecule has 33 heavy (non-hydrogen) atoms. The summed E-state index contributed by atoms with van der Waals surface area (Å²) in [4.78, 5) is 21.8. The van der Waals surface area contributed by atoms with Crippen LogP contribution in [0.4, 0.5) is 5.95 Å². The standard InChI is InChI=1S/C25H27ClN6O/c1-16(2)24(33)30-11-4-12-31(14-13-30)25-27-21-15-19(26)9-10-20(21)23-29-28-22(32(23)25)18-7-5-17(3)6-8-18/h5-10,15-16H,4,11-14H2,1-3H3. The van der Waals surface area contributed by atoms with Gasteiger partial charge in [-0.1, -0.05) is 55.3 Å². The van der Waals surface area contributed by atoms with E-state index in [0.29, 0.717) is 18.1 Å². The van der Waals surface area contributed by atoms with Crippen LogP contribution in [0.15, 0.2) is 42.5 Å². The number of halogens is 1. The fourth-order valence-corrected chi connectivity index (χ4v) is 4.56. The molecule has 0 unspecified atom stereocenters. The average molecular weight is 463 g/mol. The van der Waals surface area contributed by atoms with E-state index in [4.69, 9.17) is 16.6 Å². The van der Waals surface area contributed by atoms with E-state index in [1.165, 1.54) is 5.56 Å².